The third kappa shape index (κ3) is 1.91. The van der Waals surface area contributed by atoms with Gasteiger partial charge in [-0.05, 0) is 25.5 Å². The van der Waals surface area contributed by atoms with Crippen molar-refractivity contribution in [2.24, 2.45) is 5.16 Å². The van der Waals surface area contributed by atoms with Crippen LogP contribution in [0.4, 0.5) is 0 Å². The number of aryl methyl sites for hydroxylation is 1. The van der Waals surface area contributed by atoms with E-state index in [-0.39, 0.29) is 0 Å². The highest BCUT2D eigenvalue weighted by Gasteiger charge is 2.58. The number of aliphatic carboxylic acids is 1. The summed E-state index contributed by atoms with van der Waals surface area (Å²) in [5.74, 6) is -0.549. The number of halogens is 1. The standard InChI is InChI=1S/C15H13ClN2O4/c1-8-7-12(18-21-8)13-15(14(19)20,9(2)17-22-13)10-5-3-4-6-11(10)16/h3-7,13H,1-2H3,(H,19,20). The summed E-state index contributed by atoms with van der Waals surface area (Å²) in [5.41, 5.74) is -0.463. The molecule has 1 aliphatic rings. The van der Waals surface area contributed by atoms with Gasteiger partial charge in [-0.1, -0.05) is 40.1 Å². The van der Waals surface area contributed by atoms with Gasteiger partial charge in [-0.25, -0.2) is 0 Å². The molecule has 1 aliphatic heterocycles. The molecule has 3 rings (SSSR count). The fourth-order valence-electron chi connectivity index (χ4n) is 2.76. The zero-order valence-electron chi connectivity index (χ0n) is 11.9. The number of carboxylic acids is 1. The number of hydrogen-bond acceptors (Lipinski definition) is 5. The molecule has 0 bridgehead atoms. The minimum atomic E-state index is -1.54. The highest BCUT2D eigenvalue weighted by atomic mass is 35.5. The predicted octanol–water partition coefficient (Wildman–Crippen LogP) is 3.11. The SMILES string of the molecule is CC1=NOC(c2cc(C)on2)C1(C(=O)O)c1ccccc1Cl. The Hall–Kier alpha value is -2.34. The maximum atomic E-state index is 12.2. The van der Waals surface area contributed by atoms with E-state index < -0.39 is 17.5 Å². The van der Waals surface area contributed by atoms with Crippen LogP contribution in [-0.2, 0) is 15.0 Å². The molecule has 7 heteroatoms. The summed E-state index contributed by atoms with van der Waals surface area (Å²) in [6, 6.07) is 8.39. The molecule has 6 nitrogen and oxygen atoms in total. The lowest BCUT2D eigenvalue weighted by Crippen LogP contribution is -2.45. The zero-order chi connectivity index (χ0) is 15.9. The molecular formula is C15H13ClN2O4. The third-order valence-electron chi connectivity index (χ3n) is 3.81. The topological polar surface area (TPSA) is 84.9 Å². The van der Waals surface area contributed by atoms with Gasteiger partial charge in [-0.3, -0.25) is 4.79 Å². The molecule has 2 heterocycles. The summed E-state index contributed by atoms with van der Waals surface area (Å²) >= 11 is 6.24. The van der Waals surface area contributed by atoms with Crippen LogP contribution in [-0.4, -0.2) is 21.9 Å². The molecule has 0 fully saturated rings. The van der Waals surface area contributed by atoms with Crippen LogP contribution in [0.2, 0.25) is 5.02 Å². The molecule has 2 unspecified atom stereocenters. The fourth-order valence-corrected chi connectivity index (χ4v) is 3.04. The molecule has 0 radical (unpaired) electrons. The van der Waals surface area contributed by atoms with Crippen LogP contribution in [0, 0.1) is 6.92 Å². The predicted molar refractivity (Wildman–Crippen MR) is 78.9 cm³/mol. The summed E-state index contributed by atoms with van der Waals surface area (Å²) in [6.45, 7) is 3.32. The number of aromatic nitrogens is 1. The Morgan fingerprint density at radius 2 is 2.09 bits per heavy atom. The van der Waals surface area contributed by atoms with Crippen molar-refractivity contribution in [3.05, 3.63) is 52.4 Å². The highest BCUT2D eigenvalue weighted by molar-refractivity contribution is 6.32. The average Bonchev–Trinajstić information content (AvgIpc) is 3.04. The van der Waals surface area contributed by atoms with Gasteiger partial charge in [0.2, 0.25) is 0 Å². The van der Waals surface area contributed by atoms with Crippen molar-refractivity contribution in [1.82, 2.24) is 5.16 Å². The van der Waals surface area contributed by atoms with Crippen molar-refractivity contribution < 1.29 is 19.3 Å². The first-order chi connectivity index (χ1) is 10.5. The third-order valence-corrected chi connectivity index (χ3v) is 4.14. The molecule has 1 aromatic carbocycles. The fraction of sp³-hybridized carbons (Fsp3) is 0.267. The van der Waals surface area contributed by atoms with E-state index in [0.717, 1.165) is 0 Å². The van der Waals surface area contributed by atoms with E-state index in [0.29, 0.717) is 27.8 Å². The van der Waals surface area contributed by atoms with Crippen molar-refractivity contribution in [3.63, 3.8) is 0 Å². The smallest absolute Gasteiger partial charge is 0.324 e. The zero-order valence-corrected chi connectivity index (χ0v) is 12.7. The van der Waals surface area contributed by atoms with Gasteiger partial charge in [0.1, 0.15) is 11.5 Å². The van der Waals surface area contributed by atoms with E-state index in [4.69, 9.17) is 21.0 Å². The van der Waals surface area contributed by atoms with Gasteiger partial charge in [-0.2, -0.15) is 0 Å². The van der Waals surface area contributed by atoms with E-state index in [9.17, 15) is 9.90 Å². The number of carbonyl (C=O) groups is 1. The lowest BCUT2D eigenvalue weighted by molar-refractivity contribution is -0.145. The van der Waals surface area contributed by atoms with Crippen molar-refractivity contribution >= 4 is 23.3 Å². The first-order valence-electron chi connectivity index (χ1n) is 6.60. The van der Waals surface area contributed by atoms with E-state index in [2.05, 4.69) is 10.3 Å². The van der Waals surface area contributed by atoms with E-state index in [1.807, 2.05) is 0 Å². The lowest BCUT2D eigenvalue weighted by atomic mass is 9.71. The number of nitrogens with zero attached hydrogens (tertiary/aromatic N) is 2. The Morgan fingerprint density at radius 3 is 2.68 bits per heavy atom. The number of rotatable bonds is 3. The van der Waals surface area contributed by atoms with Crippen molar-refractivity contribution in [3.8, 4) is 0 Å². The number of carboxylic acid groups (broad SMARTS) is 1. The summed E-state index contributed by atoms with van der Waals surface area (Å²) < 4.78 is 5.04. The molecular weight excluding hydrogens is 308 g/mol. The van der Waals surface area contributed by atoms with E-state index in [1.165, 1.54) is 0 Å². The summed E-state index contributed by atoms with van der Waals surface area (Å²) in [7, 11) is 0. The van der Waals surface area contributed by atoms with E-state index in [1.54, 1.807) is 44.2 Å². The maximum Gasteiger partial charge on any atom is 0.324 e. The first-order valence-corrected chi connectivity index (χ1v) is 6.98. The number of oxime groups is 1. The second-order valence-electron chi connectivity index (χ2n) is 5.12. The molecule has 1 N–H and O–H groups in total. The van der Waals surface area contributed by atoms with Crippen LogP contribution in [0.25, 0.3) is 0 Å². The van der Waals surface area contributed by atoms with Gasteiger partial charge in [0.15, 0.2) is 11.5 Å². The van der Waals surface area contributed by atoms with E-state index >= 15 is 0 Å². The molecule has 0 saturated heterocycles. The van der Waals surface area contributed by atoms with Crippen LogP contribution in [0.3, 0.4) is 0 Å². The van der Waals surface area contributed by atoms with Crippen molar-refractivity contribution in [2.45, 2.75) is 25.4 Å². The monoisotopic (exact) mass is 320 g/mol. The highest BCUT2D eigenvalue weighted by Crippen LogP contribution is 2.47. The summed E-state index contributed by atoms with van der Waals surface area (Å²) in [6.07, 6.45) is -0.942. The molecule has 0 spiro atoms. The first kappa shape index (κ1) is 14.6. The lowest BCUT2D eigenvalue weighted by Gasteiger charge is -2.29. The van der Waals surface area contributed by atoms with Crippen LogP contribution >= 0.6 is 11.6 Å². The van der Waals surface area contributed by atoms with Gasteiger partial charge in [0.05, 0.1) is 5.71 Å². The number of hydrogen-bond donors (Lipinski definition) is 1. The van der Waals surface area contributed by atoms with Gasteiger partial charge in [0.25, 0.3) is 0 Å². The minimum Gasteiger partial charge on any atom is -0.480 e. The molecule has 22 heavy (non-hydrogen) atoms. The Morgan fingerprint density at radius 1 is 1.36 bits per heavy atom. The van der Waals surface area contributed by atoms with Crippen LogP contribution in [0.1, 0.15) is 30.0 Å². The second kappa shape index (κ2) is 5.14. The largest absolute Gasteiger partial charge is 0.480 e. The number of benzene rings is 1. The molecule has 2 aromatic rings. The summed E-state index contributed by atoms with van der Waals surface area (Å²) in [4.78, 5) is 17.6. The van der Waals surface area contributed by atoms with Crippen LogP contribution < -0.4 is 0 Å². The summed E-state index contributed by atoms with van der Waals surface area (Å²) in [5, 5.41) is 18.1. The normalized spacial score (nSPS) is 24.0. The van der Waals surface area contributed by atoms with Crippen molar-refractivity contribution in [1.29, 1.82) is 0 Å². The van der Waals surface area contributed by atoms with Gasteiger partial charge < -0.3 is 14.5 Å². The molecule has 114 valence electrons. The van der Waals surface area contributed by atoms with Crippen LogP contribution in [0.5, 0.6) is 0 Å². The molecule has 0 saturated carbocycles. The molecule has 1 aromatic heterocycles. The van der Waals surface area contributed by atoms with Crippen LogP contribution in [0.15, 0.2) is 40.0 Å². The molecule has 0 aliphatic carbocycles. The second-order valence-corrected chi connectivity index (χ2v) is 5.52. The Balaban J connectivity index is 2.25. The Kier molecular flexibility index (Phi) is 3.41. The molecule has 2 atom stereocenters. The van der Waals surface area contributed by atoms with Crippen molar-refractivity contribution in [2.75, 3.05) is 0 Å². The molecule has 0 amide bonds. The maximum absolute atomic E-state index is 12.2. The van der Waals surface area contributed by atoms with Gasteiger partial charge >= 0.3 is 5.97 Å². The van der Waals surface area contributed by atoms with Gasteiger partial charge in [-0.15, -0.1) is 0 Å². The Bertz CT molecular complexity index is 770. The van der Waals surface area contributed by atoms with Gasteiger partial charge in [0, 0.05) is 11.1 Å². The Labute approximate surface area is 131 Å². The quantitative estimate of drug-likeness (QED) is 0.939. The average molecular weight is 321 g/mol. The minimum absolute atomic E-state index is 0.304.